The first kappa shape index (κ1) is 21.1. The Bertz CT molecular complexity index is 1340. The molecule has 0 radical (unpaired) electrons. The third kappa shape index (κ3) is 4.56. The number of rotatable bonds is 8. The van der Waals surface area contributed by atoms with Crippen molar-refractivity contribution in [2.45, 2.75) is 24.4 Å². The van der Waals surface area contributed by atoms with E-state index in [2.05, 4.69) is 31.9 Å². The van der Waals surface area contributed by atoms with Gasteiger partial charge in [-0.1, -0.05) is 42.1 Å². The highest BCUT2D eigenvalue weighted by Gasteiger charge is 2.18. The van der Waals surface area contributed by atoms with Gasteiger partial charge in [-0.3, -0.25) is 4.57 Å². The summed E-state index contributed by atoms with van der Waals surface area (Å²) in [5, 5.41) is 9.75. The van der Waals surface area contributed by atoms with Crippen LogP contribution in [0.25, 0.3) is 22.8 Å². The first-order valence-corrected chi connectivity index (χ1v) is 11.4. The number of thioether (sulfide) groups is 1. The number of nitrogens with zero attached hydrogens (tertiary/aromatic N) is 4. The Hall–Kier alpha value is -3.78. The van der Waals surface area contributed by atoms with Crippen molar-refractivity contribution in [3.8, 4) is 28.6 Å². The van der Waals surface area contributed by atoms with Crippen LogP contribution >= 0.6 is 11.8 Å². The molecule has 0 aliphatic rings. The largest absolute Gasteiger partial charge is 0.497 e. The molecular weight excluding hydrogens is 436 g/mol. The Balaban J connectivity index is 1.38. The van der Waals surface area contributed by atoms with Crippen LogP contribution in [0.3, 0.4) is 0 Å². The van der Waals surface area contributed by atoms with Crippen molar-refractivity contribution >= 4 is 11.8 Å². The molecule has 3 aromatic heterocycles. The second-order valence-electron chi connectivity index (χ2n) is 7.43. The van der Waals surface area contributed by atoms with E-state index in [4.69, 9.17) is 13.6 Å². The van der Waals surface area contributed by atoms with Crippen LogP contribution < -0.4 is 4.74 Å². The zero-order valence-corrected chi connectivity index (χ0v) is 19.1. The van der Waals surface area contributed by atoms with Gasteiger partial charge in [0.15, 0.2) is 11.0 Å². The molecule has 0 saturated carbocycles. The van der Waals surface area contributed by atoms with Gasteiger partial charge in [0, 0.05) is 11.3 Å². The zero-order chi connectivity index (χ0) is 22.6. The SMILES string of the molecule is COc1ccc(-c2nc(CSc3nnc(-c4ccoc4C)n3Cc3ccccc3)co2)cc1. The Morgan fingerprint density at radius 3 is 2.52 bits per heavy atom. The number of aryl methyl sites for hydroxylation is 1. The van der Waals surface area contributed by atoms with Crippen LogP contribution in [0.15, 0.2) is 87.2 Å². The summed E-state index contributed by atoms with van der Waals surface area (Å²) >= 11 is 1.57. The highest BCUT2D eigenvalue weighted by Crippen LogP contribution is 2.30. The average Bonchev–Trinajstić information content (AvgIpc) is 3.59. The van der Waals surface area contributed by atoms with Gasteiger partial charge in [0.1, 0.15) is 17.8 Å². The summed E-state index contributed by atoms with van der Waals surface area (Å²) in [6.07, 6.45) is 3.36. The number of hydrogen-bond donors (Lipinski definition) is 0. The van der Waals surface area contributed by atoms with E-state index < -0.39 is 0 Å². The highest BCUT2D eigenvalue weighted by atomic mass is 32.2. The lowest BCUT2D eigenvalue weighted by atomic mass is 10.2. The van der Waals surface area contributed by atoms with Gasteiger partial charge in [-0.2, -0.15) is 0 Å². The van der Waals surface area contributed by atoms with E-state index in [1.54, 1.807) is 31.4 Å². The van der Waals surface area contributed by atoms with Crippen LogP contribution in [-0.4, -0.2) is 26.9 Å². The molecule has 2 aromatic carbocycles. The number of benzene rings is 2. The maximum atomic E-state index is 5.70. The molecule has 3 heterocycles. The minimum atomic E-state index is 0.578. The van der Waals surface area contributed by atoms with Crippen LogP contribution in [0.2, 0.25) is 0 Å². The average molecular weight is 459 g/mol. The first-order chi connectivity index (χ1) is 16.2. The third-order valence-corrected chi connectivity index (χ3v) is 6.24. The summed E-state index contributed by atoms with van der Waals surface area (Å²) in [5.41, 5.74) is 3.84. The molecule has 8 heteroatoms. The van der Waals surface area contributed by atoms with Gasteiger partial charge in [-0.25, -0.2) is 4.98 Å². The summed E-state index contributed by atoms with van der Waals surface area (Å²) in [6.45, 7) is 2.59. The van der Waals surface area contributed by atoms with E-state index in [1.807, 2.05) is 55.5 Å². The fourth-order valence-electron chi connectivity index (χ4n) is 3.50. The molecule has 0 fully saturated rings. The van der Waals surface area contributed by atoms with Crippen molar-refractivity contribution in [1.82, 2.24) is 19.7 Å². The third-order valence-electron chi connectivity index (χ3n) is 5.24. The Kier molecular flexibility index (Phi) is 5.99. The lowest BCUT2D eigenvalue weighted by Gasteiger charge is -2.09. The molecule has 0 N–H and O–H groups in total. The first-order valence-electron chi connectivity index (χ1n) is 10.4. The van der Waals surface area contributed by atoms with Crippen molar-refractivity contribution in [2.24, 2.45) is 0 Å². The fraction of sp³-hybridized carbons (Fsp3) is 0.160. The maximum absolute atomic E-state index is 5.70. The van der Waals surface area contributed by atoms with Gasteiger partial charge < -0.3 is 13.6 Å². The molecule has 0 saturated heterocycles. The second-order valence-corrected chi connectivity index (χ2v) is 8.37. The summed E-state index contributed by atoms with van der Waals surface area (Å²) in [4.78, 5) is 4.63. The van der Waals surface area contributed by atoms with E-state index >= 15 is 0 Å². The quantitative estimate of drug-likeness (QED) is 0.270. The molecule has 0 spiro atoms. The normalized spacial score (nSPS) is 11.1. The summed E-state index contributed by atoms with van der Waals surface area (Å²) < 4.78 is 18.5. The molecule has 5 rings (SSSR count). The van der Waals surface area contributed by atoms with Crippen LogP contribution in [0.5, 0.6) is 5.75 Å². The van der Waals surface area contributed by atoms with Crippen LogP contribution in [-0.2, 0) is 12.3 Å². The molecule has 0 bridgehead atoms. The van der Waals surface area contributed by atoms with Crippen LogP contribution in [0.4, 0.5) is 0 Å². The Morgan fingerprint density at radius 1 is 0.970 bits per heavy atom. The van der Waals surface area contributed by atoms with Gasteiger partial charge in [0.2, 0.25) is 5.89 Å². The van der Waals surface area contributed by atoms with Gasteiger partial charge in [0.05, 0.1) is 31.2 Å². The zero-order valence-electron chi connectivity index (χ0n) is 18.3. The van der Waals surface area contributed by atoms with E-state index in [9.17, 15) is 0 Å². The molecule has 0 aliphatic carbocycles. The van der Waals surface area contributed by atoms with Crippen LogP contribution in [0.1, 0.15) is 17.0 Å². The minimum Gasteiger partial charge on any atom is -0.497 e. The molecule has 0 aliphatic heterocycles. The van der Waals surface area contributed by atoms with E-state index in [0.717, 1.165) is 39.3 Å². The van der Waals surface area contributed by atoms with Gasteiger partial charge >= 0.3 is 0 Å². The van der Waals surface area contributed by atoms with Crippen molar-refractivity contribution in [3.63, 3.8) is 0 Å². The number of furan rings is 1. The predicted octanol–water partition coefficient (Wildman–Crippen LogP) is 5.85. The highest BCUT2D eigenvalue weighted by molar-refractivity contribution is 7.98. The summed E-state index contributed by atoms with van der Waals surface area (Å²) in [5.74, 6) is 3.58. The van der Waals surface area contributed by atoms with Gasteiger partial charge in [-0.15, -0.1) is 10.2 Å². The summed E-state index contributed by atoms with van der Waals surface area (Å²) in [7, 11) is 1.64. The van der Waals surface area contributed by atoms with Crippen molar-refractivity contribution in [2.75, 3.05) is 7.11 Å². The number of ether oxygens (including phenoxy) is 1. The molecule has 0 unspecified atom stereocenters. The minimum absolute atomic E-state index is 0.578. The number of hydrogen-bond acceptors (Lipinski definition) is 7. The van der Waals surface area contributed by atoms with Crippen molar-refractivity contribution in [1.29, 1.82) is 0 Å². The number of aromatic nitrogens is 4. The maximum Gasteiger partial charge on any atom is 0.226 e. The molecule has 0 atom stereocenters. The molecule has 7 nitrogen and oxygen atoms in total. The van der Waals surface area contributed by atoms with E-state index in [0.29, 0.717) is 18.2 Å². The Labute approximate surface area is 195 Å². The number of oxazole rings is 1. The topological polar surface area (TPSA) is 79.1 Å². The number of methoxy groups -OCH3 is 1. The smallest absolute Gasteiger partial charge is 0.226 e. The van der Waals surface area contributed by atoms with Crippen molar-refractivity contribution < 1.29 is 13.6 Å². The predicted molar refractivity (Wildman–Crippen MR) is 126 cm³/mol. The monoisotopic (exact) mass is 458 g/mol. The van der Waals surface area contributed by atoms with Crippen molar-refractivity contribution in [3.05, 3.63) is 90.2 Å². The lowest BCUT2D eigenvalue weighted by molar-refractivity contribution is 0.415. The standard InChI is InChI=1S/C25H22N4O3S/c1-17-22(12-13-31-17)23-27-28-25(29(23)14-18-6-4-3-5-7-18)33-16-20-15-32-24(26-20)19-8-10-21(30-2)11-9-19/h3-13,15H,14,16H2,1-2H3. The second kappa shape index (κ2) is 9.38. The molecule has 0 amide bonds. The van der Waals surface area contributed by atoms with Crippen LogP contribution in [0, 0.1) is 6.92 Å². The Morgan fingerprint density at radius 2 is 1.79 bits per heavy atom. The van der Waals surface area contributed by atoms with E-state index in [1.165, 1.54) is 5.56 Å². The fourth-order valence-corrected chi connectivity index (χ4v) is 4.31. The van der Waals surface area contributed by atoms with E-state index in [-0.39, 0.29) is 0 Å². The molecule has 5 aromatic rings. The summed E-state index contributed by atoms with van der Waals surface area (Å²) in [6, 6.07) is 19.8. The molecular formula is C25H22N4O3S. The van der Waals surface area contributed by atoms with Gasteiger partial charge in [-0.05, 0) is 42.8 Å². The lowest BCUT2D eigenvalue weighted by Crippen LogP contribution is -2.04. The van der Waals surface area contributed by atoms with Gasteiger partial charge in [0.25, 0.3) is 0 Å². The molecule has 33 heavy (non-hydrogen) atoms. The molecule has 166 valence electrons.